The van der Waals surface area contributed by atoms with Gasteiger partial charge in [0.1, 0.15) is 17.1 Å². The number of phenolic OH excluding ortho intramolecular Hbond substituents is 2. The Bertz CT molecular complexity index is 624. The SMILES string of the molecule is Nc1ccc(Cl)c(NC(=O)c2c(O)cccc2O)c1. The number of nitrogen functional groups attached to an aromatic ring is 1. The lowest BCUT2D eigenvalue weighted by Gasteiger charge is -2.10. The quantitative estimate of drug-likeness (QED) is 0.635. The Morgan fingerprint density at radius 3 is 2.42 bits per heavy atom. The van der Waals surface area contributed by atoms with Crippen molar-refractivity contribution in [2.24, 2.45) is 0 Å². The van der Waals surface area contributed by atoms with Gasteiger partial charge in [-0.25, -0.2) is 0 Å². The number of amides is 1. The van der Waals surface area contributed by atoms with Gasteiger partial charge in [-0.15, -0.1) is 0 Å². The van der Waals surface area contributed by atoms with Crippen molar-refractivity contribution >= 4 is 28.9 Å². The fourth-order valence-corrected chi connectivity index (χ4v) is 1.75. The molecular formula is C13H11ClN2O3. The summed E-state index contributed by atoms with van der Waals surface area (Å²) in [5.41, 5.74) is 6.10. The predicted molar refractivity (Wildman–Crippen MR) is 73.6 cm³/mol. The Balaban J connectivity index is 2.34. The molecule has 98 valence electrons. The van der Waals surface area contributed by atoms with E-state index in [4.69, 9.17) is 17.3 Å². The Kier molecular flexibility index (Phi) is 3.48. The zero-order valence-electron chi connectivity index (χ0n) is 9.72. The number of anilines is 2. The van der Waals surface area contributed by atoms with E-state index in [2.05, 4.69) is 5.32 Å². The number of carbonyl (C=O) groups is 1. The van der Waals surface area contributed by atoms with Crippen molar-refractivity contribution in [1.29, 1.82) is 0 Å². The summed E-state index contributed by atoms with van der Waals surface area (Å²) in [6.45, 7) is 0. The summed E-state index contributed by atoms with van der Waals surface area (Å²) in [5, 5.41) is 22.0. The van der Waals surface area contributed by atoms with Crippen LogP contribution in [-0.4, -0.2) is 16.1 Å². The van der Waals surface area contributed by atoms with Crippen LogP contribution in [0.5, 0.6) is 11.5 Å². The highest BCUT2D eigenvalue weighted by atomic mass is 35.5. The summed E-state index contributed by atoms with van der Waals surface area (Å²) >= 11 is 5.91. The van der Waals surface area contributed by atoms with E-state index in [1.165, 1.54) is 30.3 Å². The van der Waals surface area contributed by atoms with E-state index in [1.807, 2.05) is 0 Å². The molecule has 0 saturated heterocycles. The van der Waals surface area contributed by atoms with E-state index < -0.39 is 5.91 Å². The average Bonchev–Trinajstić information content (AvgIpc) is 2.33. The summed E-state index contributed by atoms with van der Waals surface area (Å²) < 4.78 is 0. The van der Waals surface area contributed by atoms with Gasteiger partial charge in [0.05, 0.1) is 10.7 Å². The van der Waals surface area contributed by atoms with Crippen molar-refractivity contribution < 1.29 is 15.0 Å². The van der Waals surface area contributed by atoms with Gasteiger partial charge < -0.3 is 21.3 Å². The molecule has 19 heavy (non-hydrogen) atoms. The maximum absolute atomic E-state index is 12.0. The minimum atomic E-state index is -0.678. The van der Waals surface area contributed by atoms with Gasteiger partial charge in [0.15, 0.2) is 0 Å². The van der Waals surface area contributed by atoms with Crippen molar-refractivity contribution in [3.05, 3.63) is 47.0 Å². The second-order valence-electron chi connectivity index (χ2n) is 3.86. The molecule has 5 nitrogen and oxygen atoms in total. The van der Waals surface area contributed by atoms with Crippen molar-refractivity contribution in [3.63, 3.8) is 0 Å². The van der Waals surface area contributed by atoms with Crippen molar-refractivity contribution in [1.82, 2.24) is 0 Å². The lowest BCUT2D eigenvalue weighted by atomic mass is 10.1. The number of nitrogens with two attached hydrogens (primary N) is 1. The number of carbonyl (C=O) groups excluding carboxylic acids is 1. The number of nitrogens with one attached hydrogen (secondary N) is 1. The number of hydrogen-bond acceptors (Lipinski definition) is 4. The summed E-state index contributed by atoms with van der Waals surface area (Å²) in [4.78, 5) is 12.0. The normalized spacial score (nSPS) is 10.2. The van der Waals surface area contributed by atoms with Crippen LogP contribution < -0.4 is 11.1 Å². The molecule has 0 aromatic heterocycles. The predicted octanol–water partition coefficient (Wildman–Crippen LogP) is 2.59. The van der Waals surface area contributed by atoms with Gasteiger partial charge in [0.25, 0.3) is 5.91 Å². The number of rotatable bonds is 2. The highest BCUT2D eigenvalue weighted by Crippen LogP contribution is 2.29. The van der Waals surface area contributed by atoms with Crippen LogP contribution in [0.15, 0.2) is 36.4 Å². The molecule has 0 bridgehead atoms. The van der Waals surface area contributed by atoms with E-state index in [-0.39, 0.29) is 17.1 Å². The van der Waals surface area contributed by atoms with E-state index in [0.29, 0.717) is 16.4 Å². The monoisotopic (exact) mass is 278 g/mol. The smallest absolute Gasteiger partial charge is 0.263 e. The Morgan fingerprint density at radius 2 is 1.79 bits per heavy atom. The van der Waals surface area contributed by atoms with E-state index in [9.17, 15) is 15.0 Å². The minimum Gasteiger partial charge on any atom is -0.507 e. The number of halogens is 1. The summed E-state index contributed by atoms with van der Waals surface area (Å²) in [6, 6.07) is 8.64. The summed E-state index contributed by atoms with van der Waals surface area (Å²) in [5.74, 6) is -1.32. The third kappa shape index (κ3) is 2.71. The maximum Gasteiger partial charge on any atom is 0.263 e. The molecule has 0 unspecified atom stereocenters. The number of aromatic hydroxyl groups is 2. The largest absolute Gasteiger partial charge is 0.507 e. The van der Waals surface area contributed by atoms with Gasteiger partial charge >= 0.3 is 0 Å². The summed E-state index contributed by atoms with van der Waals surface area (Å²) in [7, 11) is 0. The van der Waals surface area contributed by atoms with Crippen molar-refractivity contribution in [2.75, 3.05) is 11.1 Å². The van der Waals surface area contributed by atoms with Gasteiger partial charge in [0, 0.05) is 5.69 Å². The molecule has 0 aliphatic rings. The van der Waals surface area contributed by atoms with Crippen LogP contribution in [0.4, 0.5) is 11.4 Å². The molecule has 2 aromatic carbocycles. The first-order valence-electron chi connectivity index (χ1n) is 5.36. The number of phenols is 2. The molecule has 0 aliphatic heterocycles. The molecule has 2 rings (SSSR count). The van der Waals surface area contributed by atoms with Crippen LogP contribution in [0.3, 0.4) is 0 Å². The zero-order chi connectivity index (χ0) is 14.0. The van der Waals surface area contributed by atoms with E-state index in [0.717, 1.165) is 0 Å². The third-order valence-corrected chi connectivity index (χ3v) is 2.82. The zero-order valence-corrected chi connectivity index (χ0v) is 10.5. The molecule has 0 heterocycles. The molecule has 0 radical (unpaired) electrons. The standard InChI is InChI=1S/C13H11ClN2O3/c14-8-5-4-7(15)6-9(8)16-13(19)12-10(17)2-1-3-11(12)18/h1-6,17-18H,15H2,(H,16,19). The minimum absolute atomic E-state index is 0.221. The molecular weight excluding hydrogens is 268 g/mol. The first kappa shape index (κ1) is 13.0. The summed E-state index contributed by atoms with van der Waals surface area (Å²) in [6.07, 6.45) is 0. The van der Waals surface area contributed by atoms with Gasteiger partial charge in [0.2, 0.25) is 0 Å². The van der Waals surface area contributed by atoms with Gasteiger partial charge in [-0.3, -0.25) is 4.79 Å². The second-order valence-corrected chi connectivity index (χ2v) is 4.27. The highest BCUT2D eigenvalue weighted by Gasteiger charge is 2.17. The maximum atomic E-state index is 12.0. The van der Waals surface area contributed by atoms with E-state index >= 15 is 0 Å². The van der Waals surface area contributed by atoms with Crippen LogP contribution in [0.25, 0.3) is 0 Å². The molecule has 0 atom stereocenters. The lowest BCUT2D eigenvalue weighted by molar-refractivity contribution is 0.102. The fourth-order valence-electron chi connectivity index (χ4n) is 1.58. The lowest BCUT2D eigenvalue weighted by Crippen LogP contribution is -2.13. The Hall–Kier alpha value is -2.40. The van der Waals surface area contributed by atoms with Crippen LogP contribution in [0.1, 0.15) is 10.4 Å². The third-order valence-electron chi connectivity index (χ3n) is 2.49. The molecule has 0 spiro atoms. The first-order chi connectivity index (χ1) is 8.99. The van der Waals surface area contributed by atoms with Crippen LogP contribution in [0.2, 0.25) is 5.02 Å². The van der Waals surface area contributed by atoms with Crippen molar-refractivity contribution in [2.45, 2.75) is 0 Å². The van der Waals surface area contributed by atoms with Crippen LogP contribution >= 0.6 is 11.6 Å². The molecule has 6 heteroatoms. The Labute approximate surface area is 114 Å². The van der Waals surface area contributed by atoms with Gasteiger partial charge in [-0.05, 0) is 30.3 Å². The van der Waals surface area contributed by atoms with Crippen LogP contribution in [0, 0.1) is 0 Å². The topological polar surface area (TPSA) is 95.6 Å². The van der Waals surface area contributed by atoms with Crippen LogP contribution in [-0.2, 0) is 0 Å². The molecule has 0 fully saturated rings. The highest BCUT2D eigenvalue weighted by molar-refractivity contribution is 6.34. The molecule has 0 aliphatic carbocycles. The van der Waals surface area contributed by atoms with Crippen molar-refractivity contribution in [3.8, 4) is 11.5 Å². The molecule has 5 N–H and O–H groups in total. The number of benzene rings is 2. The number of hydrogen-bond donors (Lipinski definition) is 4. The molecule has 1 amide bonds. The average molecular weight is 279 g/mol. The fraction of sp³-hybridized carbons (Fsp3) is 0. The first-order valence-corrected chi connectivity index (χ1v) is 5.74. The van der Waals surface area contributed by atoms with Gasteiger partial charge in [-0.2, -0.15) is 0 Å². The van der Waals surface area contributed by atoms with E-state index in [1.54, 1.807) is 6.07 Å². The van der Waals surface area contributed by atoms with Gasteiger partial charge in [-0.1, -0.05) is 17.7 Å². The molecule has 0 saturated carbocycles. The Morgan fingerprint density at radius 1 is 1.16 bits per heavy atom. The second kappa shape index (κ2) is 5.07. The molecule has 2 aromatic rings.